The highest BCUT2D eigenvalue weighted by Crippen LogP contribution is 2.31. The standard InChI is InChI=1S/C21H26N2O3S/c1-4-19(18-9-7-6-8-15(18)3)22-27(25,26)17-10-11-20-16(14-17)12-13-23(20)21(24)5-2/h6-11,14,19,22H,4-5,12-13H2,1-3H3/t19-/m1/s1. The molecule has 0 bridgehead atoms. The van der Waals surface area contributed by atoms with Crippen LogP contribution in [0.3, 0.4) is 0 Å². The molecule has 1 aliphatic heterocycles. The van der Waals surface area contributed by atoms with Gasteiger partial charge in [-0.3, -0.25) is 4.79 Å². The summed E-state index contributed by atoms with van der Waals surface area (Å²) in [7, 11) is -3.65. The number of aryl methyl sites for hydroxylation is 1. The number of rotatable bonds is 6. The van der Waals surface area contributed by atoms with Gasteiger partial charge < -0.3 is 4.90 Å². The van der Waals surface area contributed by atoms with E-state index < -0.39 is 10.0 Å². The van der Waals surface area contributed by atoms with Gasteiger partial charge in [-0.05, 0) is 54.7 Å². The van der Waals surface area contributed by atoms with Crippen LogP contribution >= 0.6 is 0 Å². The van der Waals surface area contributed by atoms with Crippen molar-refractivity contribution < 1.29 is 13.2 Å². The average molecular weight is 387 g/mol. The van der Waals surface area contributed by atoms with E-state index in [1.54, 1.807) is 23.1 Å². The molecule has 0 aromatic heterocycles. The van der Waals surface area contributed by atoms with Crippen molar-refractivity contribution in [2.24, 2.45) is 0 Å². The third-order valence-electron chi connectivity index (χ3n) is 5.13. The molecule has 3 rings (SSSR count). The maximum Gasteiger partial charge on any atom is 0.241 e. The highest BCUT2D eigenvalue weighted by Gasteiger charge is 2.27. The maximum atomic E-state index is 13.0. The van der Waals surface area contributed by atoms with Crippen molar-refractivity contribution >= 4 is 21.6 Å². The quantitative estimate of drug-likeness (QED) is 0.823. The Bertz CT molecular complexity index is 954. The average Bonchev–Trinajstić information content (AvgIpc) is 3.09. The van der Waals surface area contributed by atoms with E-state index in [-0.39, 0.29) is 16.8 Å². The zero-order valence-corrected chi connectivity index (χ0v) is 16.8. The van der Waals surface area contributed by atoms with Crippen molar-refractivity contribution in [3.05, 3.63) is 59.2 Å². The van der Waals surface area contributed by atoms with E-state index in [1.807, 2.05) is 45.0 Å². The summed E-state index contributed by atoms with van der Waals surface area (Å²) in [5.74, 6) is 0.0630. The van der Waals surface area contributed by atoms with Gasteiger partial charge in [0.15, 0.2) is 0 Å². The third-order valence-corrected chi connectivity index (χ3v) is 6.60. The Morgan fingerprint density at radius 1 is 1.19 bits per heavy atom. The molecule has 1 aliphatic rings. The van der Waals surface area contributed by atoms with Gasteiger partial charge in [0.1, 0.15) is 0 Å². The summed E-state index contributed by atoms with van der Waals surface area (Å²) in [4.78, 5) is 14.0. The van der Waals surface area contributed by atoms with Crippen LogP contribution in [-0.2, 0) is 21.2 Å². The van der Waals surface area contributed by atoms with Crippen molar-refractivity contribution in [3.8, 4) is 0 Å². The SMILES string of the molecule is CCC(=O)N1CCc2cc(S(=O)(=O)N[C@H](CC)c3ccccc3C)ccc21. The van der Waals surface area contributed by atoms with Crippen LogP contribution in [0.25, 0.3) is 0 Å². The minimum atomic E-state index is -3.65. The Morgan fingerprint density at radius 2 is 1.93 bits per heavy atom. The molecule has 0 spiro atoms. The lowest BCUT2D eigenvalue weighted by Crippen LogP contribution is -2.29. The third kappa shape index (κ3) is 3.92. The van der Waals surface area contributed by atoms with E-state index in [4.69, 9.17) is 0 Å². The van der Waals surface area contributed by atoms with E-state index in [0.717, 1.165) is 22.4 Å². The summed E-state index contributed by atoms with van der Waals surface area (Å²) in [6.45, 7) is 6.40. The summed E-state index contributed by atoms with van der Waals surface area (Å²) in [6, 6.07) is 12.6. The summed E-state index contributed by atoms with van der Waals surface area (Å²) in [6.07, 6.45) is 1.78. The van der Waals surface area contributed by atoms with Gasteiger partial charge in [0, 0.05) is 24.7 Å². The predicted octanol–water partition coefficient (Wildman–Crippen LogP) is 3.72. The van der Waals surface area contributed by atoms with Crippen LogP contribution in [0.1, 0.15) is 49.4 Å². The number of anilines is 1. The molecule has 6 heteroatoms. The predicted molar refractivity (Wildman–Crippen MR) is 107 cm³/mol. The van der Waals surface area contributed by atoms with Gasteiger partial charge in [0.2, 0.25) is 15.9 Å². The Hall–Kier alpha value is -2.18. The van der Waals surface area contributed by atoms with Crippen LogP contribution in [0.4, 0.5) is 5.69 Å². The number of nitrogens with one attached hydrogen (secondary N) is 1. The van der Waals surface area contributed by atoms with Gasteiger partial charge in [-0.25, -0.2) is 13.1 Å². The molecular weight excluding hydrogens is 360 g/mol. The van der Waals surface area contributed by atoms with Crippen LogP contribution in [0, 0.1) is 6.92 Å². The summed E-state index contributed by atoms with van der Waals surface area (Å²) >= 11 is 0. The Kier molecular flexibility index (Phi) is 5.67. The molecule has 0 fully saturated rings. The van der Waals surface area contributed by atoms with Crippen molar-refractivity contribution in [2.45, 2.75) is 51.0 Å². The molecule has 1 atom stereocenters. The second-order valence-corrected chi connectivity index (χ2v) is 8.59. The zero-order chi connectivity index (χ0) is 19.6. The van der Waals surface area contributed by atoms with Crippen LogP contribution in [0.2, 0.25) is 0 Å². The second-order valence-electron chi connectivity index (χ2n) is 6.88. The Balaban J connectivity index is 1.88. The molecule has 27 heavy (non-hydrogen) atoms. The van der Waals surface area contributed by atoms with Gasteiger partial charge in [-0.15, -0.1) is 0 Å². The second kappa shape index (κ2) is 7.82. The number of carbonyl (C=O) groups excluding carboxylic acids is 1. The molecule has 1 N–H and O–H groups in total. The van der Waals surface area contributed by atoms with Gasteiger partial charge in [0.05, 0.1) is 4.90 Å². The summed E-state index contributed by atoms with van der Waals surface area (Å²) < 4.78 is 28.8. The highest BCUT2D eigenvalue weighted by atomic mass is 32.2. The molecule has 5 nitrogen and oxygen atoms in total. The fourth-order valence-corrected chi connectivity index (χ4v) is 4.94. The molecule has 0 saturated carbocycles. The van der Waals surface area contributed by atoms with E-state index in [9.17, 15) is 13.2 Å². The Labute approximate surface area is 161 Å². The van der Waals surface area contributed by atoms with Crippen LogP contribution in [0.15, 0.2) is 47.4 Å². The highest BCUT2D eigenvalue weighted by molar-refractivity contribution is 7.89. The number of hydrogen-bond donors (Lipinski definition) is 1. The molecule has 0 aliphatic carbocycles. The summed E-state index contributed by atoms with van der Waals surface area (Å²) in [5.41, 5.74) is 3.79. The number of benzene rings is 2. The number of nitrogens with zero attached hydrogens (tertiary/aromatic N) is 1. The molecule has 1 heterocycles. The van der Waals surface area contributed by atoms with Crippen molar-refractivity contribution in [2.75, 3.05) is 11.4 Å². The minimum Gasteiger partial charge on any atom is -0.312 e. The first kappa shape index (κ1) is 19.6. The number of amides is 1. The topological polar surface area (TPSA) is 66.5 Å². The lowest BCUT2D eigenvalue weighted by Gasteiger charge is -2.20. The molecule has 1 amide bonds. The fourth-order valence-electron chi connectivity index (χ4n) is 3.60. The maximum absolute atomic E-state index is 13.0. The molecular formula is C21H26N2O3S. The molecule has 0 radical (unpaired) electrons. The minimum absolute atomic E-state index is 0.0630. The number of fused-ring (bicyclic) bond motifs is 1. The van der Waals surface area contributed by atoms with Crippen molar-refractivity contribution in [3.63, 3.8) is 0 Å². The molecule has 2 aromatic rings. The van der Waals surface area contributed by atoms with Gasteiger partial charge in [-0.2, -0.15) is 0 Å². The first-order valence-electron chi connectivity index (χ1n) is 9.38. The lowest BCUT2D eigenvalue weighted by molar-refractivity contribution is -0.118. The lowest BCUT2D eigenvalue weighted by atomic mass is 10.0. The molecule has 0 saturated heterocycles. The molecule has 144 valence electrons. The Morgan fingerprint density at radius 3 is 2.59 bits per heavy atom. The monoisotopic (exact) mass is 386 g/mol. The smallest absolute Gasteiger partial charge is 0.241 e. The van der Waals surface area contributed by atoms with Gasteiger partial charge in [-0.1, -0.05) is 38.1 Å². The first-order chi connectivity index (χ1) is 12.9. The van der Waals surface area contributed by atoms with E-state index in [2.05, 4.69) is 4.72 Å². The van der Waals surface area contributed by atoms with Gasteiger partial charge in [0.25, 0.3) is 0 Å². The summed E-state index contributed by atoms with van der Waals surface area (Å²) in [5, 5.41) is 0. The molecule has 0 unspecified atom stereocenters. The van der Waals surface area contributed by atoms with Crippen LogP contribution < -0.4 is 9.62 Å². The zero-order valence-electron chi connectivity index (χ0n) is 16.0. The first-order valence-corrected chi connectivity index (χ1v) is 10.9. The van der Waals surface area contributed by atoms with E-state index in [1.165, 1.54) is 0 Å². The van der Waals surface area contributed by atoms with E-state index in [0.29, 0.717) is 25.8 Å². The van der Waals surface area contributed by atoms with Crippen LogP contribution in [0.5, 0.6) is 0 Å². The fraction of sp³-hybridized carbons (Fsp3) is 0.381. The number of carbonyl (C=O) groups is 1. The van der Waals surface area contributed by atoms with Gasteiger partial charge >= 0.3 is 0 Å². The van der Waals surface area contributed by atoms with Crippen molar-refractivity contribution in [1.82, 2.24) is 4.72 Å². The normalized spacial score (nSPS) is 14.9. The van der Waals surface area contributed by atoms with Crippen molar-refractivity contribution in [1.29, 1.82) is 0 Å². The van der Waals surface area contributed by atoms with Crippen LogP contribution in [-0.4, -0.2) is 20.9 Å². The molecule has 2 aromatic carbocycles. The number of hydrogen-bond acceptors (Lipinski definition) is 3. The van der Waals surface area contributed by atoms with E-state index >= 15 is 0 Å². The largest absolute Gasteiger partial charge is 0.312 e. The number of sulfonamides is 1.